The maximum atomic E-state index is 9.95. The molecule has 0 spiro atoms. The van der Waals surface area contributed by atoms with Gasteiger partial charge in [-0.15, -0.1) is 10.2 Å². The van der Waals surface area contributed by atoms with Crippen molar-refractivity contribution in [1.82, 2.24) is 20.5 Å². The minimum atomic E-state index is 0.0594. The first-order valence-corrected chi connectivity index (χ1v) is 8.67. The lowest BCUT2D eigenvalue weighted by Gasteiger charge is -2.48. The van der Waals surface area contributed by atoms with Gasteiger partial charge in [0.1, 0.15) is 11.4 Å². The van der Waals surface area contributed by atoms with Gasteiger partial charge in [0.25, 0.3) is 0 Å². The smallest absolute Gasteiger partial charge is 0.245 e. The first kappa shape index (κ1) is 17.6. The Balaban J connectivity index is 1.81. The Bertz CT molecular complexity index is 726. The van der Waals surface area contributed by atoms with E-state index in [1.165, 1.54) is 0 Å². The summed E-state index contributed by atoms with van der Waals surface area (Å²) in [7, 11) is 2.03. The van der Waals surface area contributed by atoms with Crippen molar-refractivity contribution in [2.75, 3.05) is 11.9 Å². The molecule has 6 heteroatoms. The van der Waals surface area contributed by atoms with E-state index in [9.17, 15) is 5.11 Å². The van der Waals surface area contributed by atoms with Crippen molar-refractivity contribution in [3.63, 3.8) is 0 Å². The largest absolute Gasteiger partial charge is 0.507 e. The number of hydrogen-bond acceptors (Lipinski definition) is 6. The fraction of sp³-hybridized carbons (Fsp3) is 0.526. The lowest BCUT2D eigenvalue weighted by molar-refractivity contribution is 0.160. The molecule has 2 aromatic rings. The average molecular weight is 341 g/mol. The molecule has 1 aliphatic rings. The Morgan fingerprint density at radius 2 is 1.72 bits per heavy atom. The highest BCUT2D eigenvalue weighted by Crippen LogP contribution is 2.32. The van der Waals surface area contributed by atoms with Crippen LogP contribution < -0.4 is 10.2 Å². The fourth-order valence-electron chi connectivity index (χ4n) is 3.95. The van der Waals surface area contributed by atoms with E-state index in [4.69, 9.17) is 0 Å². The zero-order chi connectivity index (χ0) is 18.2. The predicted molar refractivity (Wildman–Crippen MR) is 99.6 cm³/mol. The fourth-order valence-corrected chi connectivity index (χ4v) is 3.95. The normalized spacial score (nSPS) is 19.6. The molecule has 6 nitrogen and oxygen atoms in total. The lowest BCUT2D eigenvalue weighted by Crippen LogP contribution is -2.62. The summed E-state index contributed by atoms with van der Waals surface area (Å²) in [6, 6.07) is 7.42. The van der Waals surface area contributed by atoms with Crippen LogP contribution in [0.15, 0.2) is 30.5 Å². The number of anilines is 1. The van der Waals surface area contributed by atoms with E-state index in [2.05, 4.69) is 53.1 Å². The molecule has 0 unspecified atom stereocenters. The highest BCUT2D eigenvalue weighted by atomic mass is 16.3. The standard InChI is InChI=1S/C19H27N5O/c1-18(2)10-13(11-19(3,4)23-18)24(5)17-20-12-15(21-22-17)14-8-6-7-9-16(14)25/h6-9,12-13,23,25H,10-11H2,1-5H3. The van der Waals surface area contributed by atoms with Gasteiger partial charge in [-0.1, -0.05) is 12.1 Å². The van der Waals surface area contributed by atoms with Gasteiger partial charge in [0.15, 0.2) is 0 Å². The number of aromatic nitrogens is 3. The Labute approximate surface area is 149 Å². The summed E-state index contributed by atoms with van der Waals surface area (Å²) in [4.78, 5) is 6.60. The molecule has 0 radical (unpaired) electrons. The minimum Gasteiger partial charge on any atom is -0.507 e. The molecule has 1 fully saturated rings. The van der Waals surface area contributed by atoms with Gasteiger partial charge in [-0.2, -0.15) is 0 Å². The average Bonchev–Trinajstić information content (AvgIpc) is 2.52. The van der Waals surface area contributed by atoms with Crippen LogP contribution in [0, 0.1) is 0 Å². The van der Waals surface area contributed by atoms with Crippen LogP contribution in [0.3, 0.4) is 0 Å². The van der Waals surface area contributed by atoms with E-state index in [1.54, 1.807) is 18.3 Å². The van der Waals surface area contributed by atoms with E-state index in [0.29, 0.717) is 23.2 Å². The van der Waals surface area contributed by atoms with Gasteiger partial charge in [-0.3, -0.25) is 0 Å². The highest BCUT2D eigenvalue weighted by Gasteiger charge is 2.39. The van der Waals surface area contributed by atoms with Crippen LogP contribution in [-0.4, -0.2) is 44.5 Å². The van der Waals surface area contributed by atoms with Gasteiger partial charge in [-0.05, 0) is 52.7 Å². The number of nitrogens with zero attached hydrogens (tertiary/aromatic N) is 4. The Morgan fingerprint density at radius 1 is 1.08 bits per heavy atom. The number of benzene rings is 1. The van der Waals surface area contributed by atoms with Gasteiger partial charge in [0.2, 0.25) is 5.95 Å². The third-order valence-electron chi connectivity index (χ3n) is 4.76. The summed E-state index contributed by atoms with van der Waals surface area (Å²) >= 11 is 0. The second-order valence-electron chi connectivity index (χ2n) is 8.23. The molecule has 0 bridgehead atoms. The van der Waals surface area contributed by atoms with Crippen LogP contribution in [0.4, 0.5) is 5.95 Å². The number of para-hydroxylation sites is 1. The summed E-state index contributed by atoms with van der Waals surface area (Å²) in [6.07, 6.45) is 3.69. The van der Waals surface area contributed by atoms with E-state index < -0.39 is 0 Å². The maximum absolute atomic E-state index is 9.95. The van der Waals surface area contributed by atoms with Crippen molar-refractivity contribution in [1.29, 1.82) is 0 Å². The van der Waals surface area contributed by atoms with Gasteiger partial charge in [0, 0.05) is 29.7 Å². The number of nitrogens with one attached hydrogen (secondary N) is 1. The van der Waals surface area contributed by atoms with Crippen molar-refractivity contribution < 1.29 is 5.11 Å². The Kier molecular flexibility index (Phi) is 4.41. The first-order valence-electron chi connectivity index (χ1n) is 8.67. The summed E-state index contributed by atoms with van der Waals surface area (Å²) in [6.45, 7) is 8.93. The summed E-state index contributed by atoms with van der Waals surface area (Å²) in [5.74, 6) is 0.791. The molecule has 1 saturated heterocycles. The molecule has 1 aromatic heterocycles. The van der Waals surface area contributed by atoms with Crippen LogP contribution in [0.2, 0.25) is 0 Å². The number of phenols is 1. The van der Waals surface area contributed by atoms with E-state index in [0.717, 1.165) is 12.8 Å². The monoisotopic (exact) mass is 341 g/mol. The van der Waals surface area contributed by atoms with Crippen molar-refractivity contribution >= 4 is 5.95 Å². The number of piperidine rings is 1. The quantitative estimate of drug-likeness (QED) is 0.894. The molecule has 0 saturated carbocycles. The first-order chi connectivity index (χ1) is 11.7. The van der Waals surface area contributed by atoms with Crippen LogP contribution in [-0.2, 0) is 0 Å². The van der Waals surface area contributed by atoms with Crippen LogP contribution in [0.1, 0.15) is 40.5 Å². The molecule has 134 valence electrons. The molecule has 3 rings (SSSR count). The molecule has 2 heterocycles. The minimum absolute atomic E-state index is 0.0594. The second kappa shape index (κ2) is 6.26. The van der Waals surface area contributed by atoms with Crippen molar-refractivity contribution in [2.45, 2.75) is 57.7 Å². The third-order valence-corrected chi connectivity index (χ3v) is 4.76. The molecule has 0 amide bonds. The topological polar surface area (TPSA) is 74.2 Å². The molecule has 0 atom stereocenters. The zero-order valence-corrected chi connectivity index (χ0v) is 15.6. The van der Waals surface area contributed by atoms with Gasteiger partial charge >= 0.3 is 0 Å². The van der Waals surface area contributed by atoms with Gasteiger partial charge < -0.3 is 15.3 Å². The van der Waals surface area contributed by atoms with Crippen molar-refractivity contribution in [3.05, 3.63) is 30.5 Å². The van der Waals surface area contributed by atoms with E-state index in [-0.39, 0.29) is 16.8 Å². The number of aromatic hydroxyl groups is 1. The third kappa shape index (κ3) is 3.90. The lowest BCUT2D eigenvalue weighted by atomic mass is 9.79. The van der Waals surface area contributed by atoms with Crippen LogP contribution in [0.5, 0.6) is 5.75 Å². The molecule has 2 N–H and O–H groups in total. The maximum Gasteiger partial charge on any atom is 0.245 e. The molecular formula is C19H27N5O. The molecule has 1 aliphatic heterocycles. The van der Waals surface area contributed by atoms with Crippen LogP contribution >= 0.6 is 0 Å². The number of hydrogen-bond donors (Lipinski definition) is 2. The molecule has 25 heavy (non-hydrogen) atoms. The zero-order valence-electron chi connectivity index (χ0n) is 15.6. The SMILES string of the molecule is CN(c1ncc(-c2ccccc2O)nn1)C1CC(C)(C)NC(C)(C)C1. The van der Waals surface area contributed by atoms with Gasteiger partial charge in [0.05, 0.1) is 6.20 Å². The molecular weight excluding hydrogens is 314 g/mol. The highest BCUT2D eigenvalue weighted by molar-refractivity contribution is 5.65. The molecule has 0 aliphatic carbocycles. The predicted octanol–water partition coefficient (Wildman–Crippen LogP) is 2.99. The van der Waals surface area contributed by atoms with E-state index >= 15 is 0 Å². The summed E-state index contributed by atoms with van der Waals surface area (Å²) < 4.78 is 0. The summed E-state index contributed by atoms with van der Waals surface area (Å²) in [5.41, 5.74) is 1.33. The number of phenolic OH excluding ortho intramolecular Hbond substituents is 1. The Morgan fingerprint density at radius 3 is 2.28 bits per heavy atom. The molecule has 1 aromatic carbocycles. The van der Waals surface area contributed by atoms with Gasteiger partial charge in [-0.25, -0.2) is 4.98 Å². The van der Waals surface area contributed by atoms with Crippen molar-refractivity contribution in [3.8, 4) is 17.0 Å². The summed E-state index contributed by atoms with van der Waals surface area (Å²) in [5, 5.41) is 22.2. The Hall–Kier alpha value is -2.21. The van der Waals surface area contributed by atoms with Crippen molar-refractivity contribution in [2.24, 2.45) is 0 Å². The van der Waals surface area contributed by atoms with E-state index in [1.807, 2.05) is 19.2 Å². The van der Waals surface area contributed by atoms with Crippen LogP contribution in [0.25, 0.3) is 11.3 Å². The number of rotatable bonds is 3. The second-order valence-corrected chi connectivity index (χ2v) is 8.23.